The molecule has 1 aromatic rings. The lowest BCUT2D eigenvalue weighted by molar-refractivity contribution is -0.129. The highest BCUT2D eigenvalue weighted by Gasteiger charge is 2.31. The number of hydrogen-bond acceptors (Lipinski definition) is 4. The molecule has 1 atom stereocenters. The van der Waals surface area contributed by atoms with Crippen LogP contribution in [0.3, 0.4) is 0 Å². The van der Waals surface area contributed by atoms with E-state index in [1.165, 1.54) is 5.56 Å². The Morgan fingerprint density at radius 3 is 2.54 bits per heavy atom. The number of carbonyl (C=O) groups is 2. The zero-order valence-electron chi connectivity index (χ0n) is 15.7. The van der Waals surface area contributed by atoms with E-state index in [0.717, 1.165) is 39.4 Å². The maximum absolute atomic E-state index is 12.4. The number of likely N-dealkylation sites (tertiary alicyclic amines) is 1. The Hall–Kier alpha value is -1.92. The lowest BCUT2D eigenvalue weighted by atomic mass is 10.1. The topological polar surface area (TPSA) is 61.9 Å². The number of morpholine rings is 1. The summed E-state index contributed by atoms with van der Waals surface area (Å²) in [5, 5.41) is 2.98. The van der Waals surface area contributed by atoms with Gasteiger partial charge in [0.25, 0.3) is 5.91 Å². The monoisotopic (exact) mass is 359 g/mol. The van der Waals surface area contributed by atoms with Gasteiger partial charge in [-0.25, -0.2) is 0 Å². The number of nitrogens with one attached hydrogen (secondary N) is 1. The standard InChI is InChI=1S/C20H29N3O3/c1-15(2)23-14-17(11-19(23)24)12-21-20(25)18-5-3-16(4-6-18)13-22-7-9-26-10-8-22/h3-6,15,17H,7-14H2,1-2H3,(H,21,25). The molecule has 2 fully saturated rings. The van der Waals surface area contributed by atoms with Crippen molar-refractivity contribution in [3.63, 3.8) is 0 Å². The molecule has 142 valence electrons. The molecule has 1 unspecified atom stereocenters. The van der Waals surface area contributed by atoms with Crippen LogP contribution in [0.4, 0.5) is 0 Å². The highest BCUT2D eigenvalue weighted by molar-refractivity contribution is 5.94. The van der Waals surface area contributed by atoms with Gasteiger partial charge in [0, 0.05) is 56.7 Å². The Morgan fingerprint density at radius 2 is 1.92 bits per heavy atom. The van der Waals surface area contributed by atoms with Crippen LogP contribution in [-0.4, -0.2) is 67.0 Å². The number of benzene rings is 1. The molecule has 2 heterocycles. The molecule has 2 amide bonds. The van der Waals surface area contributed by atoms with E-state index < -0.39 is 0 Å². The molecule has 1 aromatic carbocycles. The number of hydrogen-bond donors (Lipinski definition) is 1. The van der Waals surface area contributed by atoms with Gasteiger partial charge in [-0.2, -0.15) is 0 Å². The normalized spacial score (nSPS) is 21.4. The molecule has 0 radical (unpaired) electrons. The van der Waals surface area contributed by atoms with Gasteiger partial charge in [-0.15, -0.1) is 0 Å². The number of rotatable bonds is 6. The van der Waals surface area contributed by atoms with Crippen LogP contribution in [-0.2, 0) is 16.1 Å². The van der Waals surface area contributed by atoms with E-state index in [-0.39, 0.29) is 23.8 Å². The molecule has 2 saturated heterocycles. The minimum absolute atomic E-state index is 0.0710. The average Bonchev–Trinajstić information content (AvgIpc) is 3.02. The Kier molecular flexibility index (Phi) is 6.27. The van der Waals surface area contributed by atoms with Gasteiger partial charge in [0.05, 0.1) is 13.2 Å². The SMILES string of the molecule is CC(C)N1CC(CNC(=O)c2ccc(CN3CCOCC3)cc2)CC1=O. The summed E-state index contributed by atoms with van der Waals surface area (Å²) in [4.78, 5) is 28.5. The highest BCUT2D eigenvalue weighted by atomic mass is 16.5. The Bertz CT molecular complexity index is 624. The van der Waals surface area contributed by atoms with Crippen molar-refractivity contribution in [2.75, 3.05) is 39.4 Å². The molecule has 6 heteroatoms. The van der Waals surface area contributed by atoms with E-state index in [4.69, 9.17) is 4.74 Å². The maximum atomic E-state index is 12.4. The maximum Gasteiger partial charge on any atom is 0.251 e. The van der Waals surface area contributed by atoms with Gasteiger partial charge in [0.15, 0.2) is 0 Å². The number of nitrogens with zero attached hydrogens (tertiary/aromatic N) is 2. The second kappa shape index (κ2) is 8.64. The Morgan fingerprint density at radius 1 is 1.23 bits per heavy atom. The summed E-state index contributed by atoms with van der Waals surface area (Å²) >= 11 is 0. The van der Waals surface area contributed by atoms with E-state index >= 15 is 0 Å². The van der Waals surface area contributed by atoms with Gasteiger partial charge in [-0.3, -0.25) is 14.5 Å². The summed E-state index contributed by atoms with van der Waals surface area (Å²) in [6.07, 6.45) is 0.525. The summed E-state index contributed by atoms with van der Waals surface area (Å²) in [6, 6.07) is 8.02. The summed E-state index contributed by atoms with van der Waals surface area (Å²) in [5.74, 6) is 0.319. The quantitative estimate of drug-likeness (QED) is 0.836. The molecule has 0 spiro atoms. The van der Waals surface area contributed by atoms with Crippen molar-refractivity contribution in [2.45, 2.75) is 32.9 Å². The van der Waals surface area contributed by atoms with Crippen molar-refractivity contribution in [1.29, 1.82) is 0 Å². The van der Waals surface area contributed by atoms with Crippen LogP contribution in [0.15, 0.2) is 24.3 Å². The summed E-state index contributed by atoms with van der Waals surface area (Å²) in [7, 11) is 0. The number of carbonyl (C=O) groups excluding carboxylic acids is 2. The molecule has 0 saturated carbocycles. The van der Waals surface area contributed by atoms with E-state index in [9.17, 15) is 9.59 Å². The highest BCUT2D eigenvalue weighted by Crippen LogP contribution is 2.19. The largest absolute Gasteiger partial charge is 0.379 e. The first-order chi connectivity index (χ1) is 12.5. The molecule has 3 rings (SSSR count). The Balaban J connectivity index is 1.47. The first kappa shape index (κ1) is 18.9. The fourth-order valence-corrected chi connectivity index (χ4v) is 3.56. The van der Waals surface area contributed by atoms with Crippen LogP contribution < -0.4 is 5.32 Å². The third-order valence-electron chi connectivity index (χ3n) is 5.14. The van der Waals surface area contributed by atoms with Crippen LogP contribution in [0, 0.1) is 5.92 Å². The third kappa shape index (κ3) is 4.83. The Labute approximate surface area is 155 Å². The van der Waals surface area contributed by atoms with Crippen LogP contribution in [0.2, 0.25) is 0 Å². The van der Waals surface area contributed by atoms with Crippen molar-refractivity contribution >= 4 is 11.8 Å². The smallest absolute Gasteiger partial charge is 0.251 e. The minimum Gasteiger partial charge on any atom is -0.379 e. The lowest BCUT2D eigenvalue weighted by Crippen LogP contribution is -2.35. The van der Waals surface area contributed by atoms with Gasteiger partial charge in [-0.1, -0.05) is 12.1 Å². The fourth-order valence-electron chi connectivity index (χ4n) is 3.56. The van der Waals surface area contributed by atoms with Crippen LogP contribution in [0.25, 0.3) is 0 Å². The van der Waals surface area contributed by atoms with E-state index in [0.29, 0.717) is 18.5 Å². The van der Waals surface area contributed by atoms with Crippen LogP contribution in [0.1, 0.15) is 36.2 Å². The van der Waals surface area contributed by atoms with Crippen molar-refractivity contribution in [1.82, 2.24) is 15.1 Å². The van der Waals surface area contributed by atoms with Gasteiger partial charge < -0.3 is 15.0 Å². The molecule has 1 N–H and O–H groups in total. The number of amides is 2. The van der Waals surface area contributed by atoms with Crippen molar-refractivity contribution in [2.24, 2.45) is 5.92 Å². The van der Waals surface area contributed by atoms with Gasteiger partial charge in [0.1, 0.15) is 0 Å². The predicted molar refractivity (Wildman–Crippen MR) is 99.8 cm³/mol. The minimum atomic E-state index is -0.0710. The molecule has 0 aliphatic carbocycles. The van der Waals surface area contributed by atoms with E-state index in [1.54, 1.807) is 0 Å². The zero-order chi connectivity index (χ0) is 18.5. The van der Waals surface area contributed by atoms with Crippen molar-refractivity contribution in [3.05, 3.63) is 35.4 Å². The lowest BCUT2D eigenvalue weighted by Gasteiger charge is -2.26. The van der Waals surface area contributed by atoms with Crippen molar-refractivity contribution < 1.29 is 14.3 Å². The zero-order valence-corrected chi connectivity index (χ0v) is 15.7. The van der Waals surface area contributed by atoms with Crippen LogP contribution in [0.5, 0.6) is 0 Å². The summed E-state index contributed by atoms with van der Waals surface area (Å²) < 4.78 is 5.36. The molecule has 6 nitrogen and oxygen atoms in total. The summed E-state index contributed by atoms with van der Waals surface area (Å²) in [6.45, 7) is 9.70. The molecule has 0 aromatic heterocycles. The molecule has 0 bridgehead atoms. The third-order valence-corrected chi connectivity index (χ3v) is 5.14. The fraction of sp³-hybridized carbons (Fsp3) is 0.600. The molecular weight excluding hydrogens is 330 g/mol. The molecular formula is C20H29N3O3. The second-order valence-corrected chi connectivity index (χ2v) is 7.51. The molecule has 26 heavy (non-hydrogen) atoms. The second-order valence-electron chi connectivity index (χ2n) is 7.51. The van der Waals surface area contributed by atoms with Gasteiger partial charge >= 0.3 is 0 Å². The molecule has 2 aliphatic rings. The molecule has 2 aliphatic heterocycles. The summed E-state index contributed by atoms with van der Waals surface area (Å²) in [5.41, 5.74) is 1.87. The van der Waals surface area contributed by atoms with Gasteiger partial charge in [0.2, 0.25) is 5.91 Å². The van der Waals surface area contributed by atoms with Crippen molar-refractivity contribution in [3.8, 4) is 0 Å². The van der Waals surface area contributed by atoms with Crippen LogP contribution >= 0.6 is 0 Å². The van der Waals surface area contributed by atoms with E-state index in [1.807, 2.05) is 43.0 Å². The number of ether oxygens (including phenoxy) is 1. The first-order valence-electron chi connectivity index (χ1n) is 9.49. The predicted octanol–water partition coefficient (Wildman–Crippen LogP) is 1.51. The van der Waals surface area contributed by atoms with Gasteiger partial charge in [-0.05, 0) is 31.5 Å². The average molecular weight is 359 g/mol. The van der Waals surface area contributed by atoms with E-state index in [2.05, 4.69) is 10.2 Å². The first-order valence-corrected chi connectivity index (χ1v) is 9.49.